The monoisotopic (exact) mass is 511 g/mol. The van der Waals surface area contributed by atoms with E-state index in [0.717, 1.165) is 56.6 Å². The summed E-state index contributed by atoms with van der Waals surface area (Å²) in [5.41, 5.74) is 0.888. The minimum absolute atomic E-state index is 0. The molecule has 2 N–H and O–H groups in total. The Labute approximate surface area is 189 Å². The van der Waals surface area contributed by atoms with Gasteiger partial charge in [-0.1, -0.05) is 25.1 Å². The molecule has 1 aromatic heterocycles. The summed E-state index contributed by atoms with van der Waals surface area (Å²) in [7, 11) is 0. The van der Waals surface area contributed by atoms with E-state index in [9.17, 15) is 5.11 Å². The van der Waals surface area contributed by atoms with Gasteiger partial charge in [-0.05, 0) is 12.1 Å². The number of phenolic OH excluding ortho intramolecular Hbond substituents is 1. The van der Waals surface area contributed by atoms with Gasteiger partial charge in [0.1, 0.15) is 17.9 Å². The molecule has 0 unspecified atom stereocenters. The Balaban J connectivity index is 0.00000300. The summed E-state index contributed by atoms with van der Waals surface area (Å²) >= 11 is 0. The lowest BCUT2D eigenvalue weighted by Gasteiger charge is -2.37. The van der Waals surface area contributed by atoms with Crippen molar-refractivity contribution in [2.45, 2.75) is 19.9 Å². The molecule has 1 saturated heterocycles. The summed E-state index contributed by atoms with van der Waals surface area (Å²) in [6, 6.07) is 7.49. The van der Waals surface area contributed by atoms with Crippen LogP contribution in [-0.2, 0) is 13.0 Å². The summed E-state index contributed by atoms with van der Waals surface area (Å²) in [5.74, 6) is 2.20. The highest BCUT2D eigenvalue weighted by molar-refractivity contribution is 14.0. The lowest BCUT2D eigenvalue weighted by Crippen LogP contribution is -2.52. The van der Waals surface area contributed by atoms with E-state index >= 15 is 0 Å². The molecule has 0 atom stereocenters. The number of nitrogens with one attached hydrogen (secondary N) is 1. The maximum absolute atomic E-state index is 10.1. The highest BCUT2D eigenvalue weighted by Gasteiger charge is 2.21. The summed E-state index contributed by atoms with van der Waals surface area (Å²) in [6.45, 7) is 11.3. The molecule has 1 aliphatic heterocycles. The van der Waals surface area contributed by atoms with Crippen molar-refractivity contribution < 1.29 is 5.11 Å². The van der Waals surface area contributed by atoms with Gasteiger partial charge in [0.2, 0.25) is 0 Å². The number of nitrogens with zero attached hydrogens (tertiary/aromatic N) is 6. The largest absolute Gasteiger partial charge is 0.506 e. The summed E-state index contributed by atoms with van der Waals surface area (Å²) in [5, 5.41) is 21.5. The van der Waals surface area contributed by atoms with E-state index in [4.69, 9.17) is 4.99 Å². The number of anilines is 1. The lowest BCUT2D eigenvalue weighted by atomic mass is 10.2. The van der Waals surface area contributed by atoms with Crippen molar-refractivity contribution >= 4 is 35.6 Å². The number of rotatable bonds is 7. The Kier molecular flexibility index (Phi) is 9.23. The molecule has 1 aliphatic rings. The third-order valence-corrected chi connectivity index (χ3v) is 4.82. The maximum atomic E-state index is 10.1. The number of aliphatic imine (C=N–C) groups is 1. The van der Waals surface area contributed by atoms with Crippen LogP contribution in [0.3, 0.4) is 0 Å². The van der Waals surface area contributed by atoms with E-state index in [1.807, 2.05) is 28.8 Å². The zero-order valence-electron chi connectivity index (χ0n) is 16.9. The van der Waals surface area contributed by atoms with Gasteiger partial charge in [0.05, 0.1) is 12.2 Å². The average molecular weight is 511 g/mol. The quantitative estimate of drug-likeness (QED) is 0.257. The van der Waals surface area contributed by atoms with Crippen molar-refractivity contribution in [1.82, 2.24) is 25.0 Å². The minimum atomic E-state index is 0. The van der Waals surface area contributed by atoms with Crippen LogP contribution >= 0.6 is 24.0 Å². The number of benzene rings is 1. The fourth-order valence-corrected chi connectivity index (χ4v) is 3.33. The first-order valence-electron chi connectivity index (χ1n) is 9.76. The second-order valence-corrected chi connectivity index (χ2v) is 6.63. The van der Waals surface area contributed by atoms with Crippen LogP contribution in [0.15, 0.2) is 48.2 Å². The van der Waals surface area contributed by atoms with E-state index in [1.165, 1.54) is 0 Å². The fourth-order valence-electron chi connectivity index (χ4n) is 3.33. The Morgan fingerprint density at radius 3 is 2.72 bits per heavy atom. The van der Waals surface area contributed by atoms with E-state index < -0.39 is 0 Å². The molecule has 1 fully saturated rings. The molecular weight excluding hydrogens is 481 g/mol. The van der Waals surface area contributed by atoms with Gasteiger partial charge in [-0.2, -0.15) is 0 Å². The van der Waals surface area contributed by atoms with Gasteiger partial charge in [-0.15, -0.1) is 40.8 Å². The summed E-state index contributed by atoms with van der Waals surface area (Å²) < 4.78 is 2.05. The Morgan fingerprint density at radius 2 is 2.03 bits per heavy atom. The average Bonchev–Trinajstić information content (AvgIpc) is 3.19. The molecule has 0 radical (unpaired) electrons. The lowest BCUT2D eigenvalue weighted by molar-refractivity contribution is 0.370. The molecule has 29 heavy (non-hydrogen) atoms. The van der Waals surface area contributed by atoms with Crippen LogP contribution < -0.4 is 10.2 Å². The van der Waals surface area contributed by atoms with Crippen molar-refractivity contribution in [3.05, 3.63) is 49.1 Å². The van der Waals surface area contributed by atoms with Crippen LogP contribution in [0.2, 0.25) is 0 Å². The zero-order chi connectivity index (χ0) is 19.8. The van der Waals surface area contributed by atoms with Crippen molar-refractivity contribution in [1.29, 1.82) is 0 Å². The Hall–Kier alpha value is -2.30. The van der Waals surface area contributed by atoms with E-state index in [0.29, 0.717) is 18.8 Å². The van der Waals surface area contributed by atoms with Crippen LogP contribution in [0.1, 0.15) is 12.7 Å². The highest BCUT2D eigenvalue weighted by atomic mass is 127. The number of guanidine groups is 1. The van der Waals surface area contributed by atoms with Crippen LogP contribution in [0.5, 0.6) is 5.75 Å². The third-order valence-electron chi connectivity index (χ3n) is 4.82. The highest BCUT2D eigenvalue weighted by Crippen LogP contribution is 2.27. The second kappa shape index (κ2) is 11.6. The molecule has 0 amide bonds. The number of aromatic nitrogens is 3. The minimum Gasteiger partial charge on any atom is -0.506 e. The molecular formula is C20H30IN7O. The van der Waals surface area contributed by atoms with Crippen LogP contribution in [0.25, 0.3) is 0 Å². The van der Waals surface area contributed by atoms with E-state index in [2.05, 4.69) is 38.8 Å². The maximum Gasteiger partial charge on any atom is 0.194 e. The van der Waals surface area contributed by atoms with Gasteiger partial charge >= 0.3 is 0 Å². The first kappa shape index (κ1) is 23.0. The first-order valence-corrected chi connectivity index (χ1v) is 9.76. The number of aryl methyl sites for hydroxylation is 1. The Bertz CT molecular complexity index is 800. The first-order chi connectivity index (χ1) is 13.7. The molecule has 0 saturated carbocycles. The van der Waals surface area contributed by atoms with Crippen LogP contribution in [0, 0.1) is 0 Å². The molecule has 8 nitrogen and oxygen atoms in total. The number of hydrogen-bond donors (Lipinski definition) is 2. The fraction of sp³-hybridized carbons (Fsp3) is 0.450. The standard InChI is InChI=1S/C20H29N7O.HI/c1-3-9-21-20(22-10-11-27-16-23-24-19(27)4-2)26-14-12-25(13-15-26)17-7-5-6-8-18(17)28;/h3,5-8,16,28H,1,4,9-15H2,2H3,(H,21,22);1H. The third kappa shape index (κ3) is 6.09. The normalized spacial score (nSPS) is 14.4. The molecule has 2 heterocycles. The smallest absolute Gasteiger partial charge is 0.194 e. The predicted molar refractivity (Wildman–Crippen MR) is 127 cm³/mol. The van der Waals surface area contributed by atoms with Gasteiger partial charge in [-0.3, -0.25) is 4.99 Å². The van der Waals surface area contributed by atoms with Crippen molar-refractivity contribution in [3.63, 3.8) is 0 Å². The SMILES string of the molecule is C=CCNC(=NCCn1cnnc1CC)N1CCN(c2ccccc2O)CC1.I. The van der Waals surface area contributed by atoms with Crippen molar-refractivity contribution in [2.75, 3.05) is 44.2 Å². The van der Waals surface area contributed by atoms with Gasteiger partial charge in [0.15, 0.2) is 5.96 Å². The Morgan fingerprint density at radius 1 is 1.28 bits per heavy atom. The number of halogens is 1. The number of hydrogen-bond acceptors (Lipinski definition) is 5. The molecule has 2 aromatic rings. The van der Waals surface area contributed by atoms with Gasteiger partial charge in [0.25, 0.3) is 0 Å². The van der Waals surface area contributed by atoms with Crippen LogP contribution in [-0.4, -0.2) is 70.0 Å². The van der Waals surface area contributed by atoms with E-state index in [1.54, 1.807) is 12.4 Å². The molecule has 9 heteroatoms. The van der Waals surface area contributed by atoms with Crippen LogP contribution in [0.4, 0.5) is 5.69 Å². The molecule has 0 bridgehead atoms. The van der Waals surface area contributed by atoms with Gasteiger partial charge < -0.3 is 24.8 Å². The van der Waals surface area contributed by atoms with Gasteiger partial charge in [0, 0.05) is 45.7 Å². The topological polar surface area (TPSA) is 81.8 Å². The van der Waals surface area contributed by atoms with Gasteiger partial charge in [-0.25, -0.2) is 0 Å². The van der Waals surface area contributed by atoms with Crippen molar-refractivity contribution in [3.8, 4) is 5.75 Å². The molecule has 1 aromatic carbocycles. The molecule has 0 spiro atoms. The molecule has 158 valence electrons. The molecule has 3 rings (SSSR count). The number of aromatic hydroxyl groups is 1. The van der Waals surface area contributed by atoms with Crippen molar-refractivity contribution in [2.24, 2.45) is 4.99 Å². The predicted octanol–water partition coefficient (Wildman–Crippen LogP) is 2.12. The molecule has 0 aliphatic carbocycles. The summed E-state index contributed by atoms with van der Waals surface area (Å²) in [4.78, 5) is 9.26. The number of para-hydroxylation sites is 2. The second-order valence-electron chi connectivity index (χ2n) is 6.63. The number of phenols is 1. The van der Waals surface area contributed by atoms with E-state index in [-0.39, 0.29) is 24.0 Å². The zero-order valence-corrected chi connectivity index (χ0v) is 19.2. The summed E-state index contributed by atoms with van der Waals surface area (Å²) in [6.07, 6.45) is 4.46. The number of piperazine rings is 1.